The van der Waals surface area contributed by atoms with Crippen LogP contribution in [0.25, 0.3) is 9.88 Å². The Morgan fingerprint density at radius 1 is 1.31 bits per heavy atom. The summed E-state index contributed by atoms with van der Waals surface area (Å²) in [6, 6.07) is 4.05. The lowest BCUT2D eigenvalue weighted by Crippen LogP contribution is -2.47. The molecule has 0 bridgehead atoms. The Labute approximate surface area is 161 Å². The van der Waals surface area contributed by atoms with Crippen LogP contribution in [0.1, 0.15) is 50.5 Å². The summed E-state index contributed by atoms with van der Waals surface area (Å²) in [6.07, 6.45) is 2.47. The molecule has 2 aromatic heterocycles. The van der Waals surface area contributed by atoms with Crippen LogP contribution in [0.2, 0.25) is 0 Å². The number of ether oxygens (including phenoxy) is 1. The van der Waals surface area contributed by atoms with Crippen LogP contribution < -0.4 is 5.32 Å². The topological polar surface area (TPSA) is 68.3 Å². The summed E-state index contributed by atoms with van der Waals surface area (Å²) in [7, 11) is 0. The molecule has 1 aliphatic carbocycles. The molecule has 2 aromatic rings. The van der Waals surface area contributed by atoms with Gasteiger partial charge in [0.05, 0.1) is 4.88 Å². The number of rotatable bonds is 5. The van der Waals surface area contributed by atoms with Gasteiger partial charge in [-0.05, 0) is 36.6 Å². The lowest BCUT2D eigenvalue weighted by Gasteiger charge is -2.35. The van der Waals surface area contributed by atoms with E-state index in [0.29, 0.717) is 11.8 Å². The van der Waals surface area contributed by atoms with E-state index in [-0.39, 0.29) is 17.6 Å². The first-order valence-electron chi connectivity index (χ1n) is 8.96. The van der Waals surface area contributed by atoms with Gasteiger partial charge >= 0.3 is 5.97 Å². The lowest BCUT2D eigenvalue weighted by molar-refractivity contribution is -0.130. The molecule has 140 valence electrons. The molecule has 0 aromatic carbocycles. The predicted octanol–water partition coefficient (Wildman–Crippen LogP) is 4.36. The van der Waals surface area contributed by atoms with E-state index in [2.05, 4.69) is 24.1 Å². The second kappa shape index (κ2) is 8.31. The molecule has 1 N–H and O–H groups in total. The molecule has 2 heterocycles. The molecule has 26 heavy (non-hydrogen) atoms. The van der Waals surface area contributed by atoms with E-state index < -0.39 is 12.1 Å². The zero-order chi connectivity index (χ0) is 18.7. The minimum Gasteiger partial charge on any atom is -0.448 e. The Morgan fingerprint density at radius 3 is 2.85 bits per heavy atom. The Bertz CT molecular complexity index is 757. The molecular weight excluding hydrogens is 368 g/mol. The van der Waals surface area contributed by atoms with Crippen molar-refractivity contribution in [3.05, 3.63) is 28.6 Å². The molecule has 0 radical (unpaired) electrons. The third-order valence-corrected chi connectivity index (χ3v) is 7.01. The van der Waals surface area contributed by atoms with Gasteiger partial charge in [-0.2, -0.15) is 0 Å². The standard InChI is InChI=1S/C19H24N2O3S2/c1-11-6-4-7-14(12(11)2)20-17(22)13(3)24-19(23)15-10-26-18(21-15)16-8-5-9-25-16/h5,8-14H,4,6-7H2,1-3H3,(H,20,22)/t11-,12+,13+,14+/m0/s1. The number of carbonyl (C=O) groups is 2. The maximum atomic E-state index is 12.4. The molecule has 7 heteroatoms. The van der Waals surface area contributed by atoms with Crippen molar-refractivity contribution in [1.82, 2.24) is 10.3 Å². The number of thiophene rings is 1. The fraction of sp³-hybridized carbons (Fsp3) is 0.526. The van der Waals surface area contributed by atoms with Crippen LogP contribution in [-0.2, 0) is 9.53 Å². The van der Waals surface area contributed by atoms with E-state index in [1.165, 1.54) is 17.8 Å². The largest absolute Gasteiger partial charge is 0.448 e. The van der Waals surface area contributed by atoms with Gasteiger partial charge in [0.2, 0.25) is 0 Å². The summed E-state index contributed by atoms with van der Waals surface area (Å²) in [5.41, 5.74) is 0.248. The Hall–Kier alpha value is -1.73. The molecule has 1 amide bonds. The van der Waals surface area contributed by atoms with E-state index in [9.17, 15) is 9.59 Å². The van der Waals surface area contributed by atoms with Crippen LogP contribution in [0.15, 0.2) is 22.9 Å². The number of carbonyl (C=O) groups excluding carboxylic acids is 2. The molecule has 1 aliphatic rings. The van der Waals surface area contributed by atoms with Crippen LogP contribution in [0.3, 0.4) is 0 Å². The van der Waals surface area contributed by atoms with Crippen molar-refractivity contribution in [2.24, 2.45) is 11.8 Å². The molecule has 0 saturated heterocycles. The van der Waals surface area contributed by atoms with Gasteiger partial charge in [-0.1, -0.05) is 32.8 Å². The van der Waals surface area contributed by atoms with Crippen molar-refractivity contribution >= 4 is 34.6 Å². The highest BCUT2D eigenvalue weighted by Gasteiger charge is 2.30. The Balaban J connectivity index is 1.56. The Kier molecular flexibility index (Phi) is 6.09. The molecule has 0 spiro atoms. The van der Waals surface area contributed by atoms with Crippen LogP contribution in [0, 0.1) is 11.8 Å². The lowest BCUT2D eigenvalue weighted by atomic mass is 9.78. The molecule has 4 atom stereocenters. The SMILES string of the molecule is C[C@@H]1[C@@H](C)CCC[C@H]1NC(=O)[C@@H](C)OC(=O)c1csc(-c2cccs2)n1. The number of aromatic nitrogens is 1. The summed E-state index contributed by atoms with van der Waals surface area (Å²) >= 11 is 2.97. The Morgan fingerprint density at radius 2 is 2.12 bits per heavy atom. The average Bonchev–Trinajstić information content (AvgIpc) is 3.29. The molecular formula is C19H24N2O3S2. The van der Waals surface area contributed by atoms with E-state index in [4.69, 9.17) is 4.74 Å². The highest BCUT2D eigenvalue weighted by atomic mass is 32.1. The van der Waals surface area contributed by atoms with Crippen LogP contribution >= 0.6 is 22.7 Å². The minimum absolute atomic E-state index is 0.150. The predicted molar refractivity (Wildman–Crippen MR) is 104 cm³/mol. The zero-order valence-electron chi connectivity index (χ0n) is 15.2. The van der Waals surface area contributed by atoms with Crippen LogP contribution in [-0.4, -0.2) is 29.0 Å². The van der Waals surface area contributed by atoms with Crippen LogP contribution in [0.4, 0.5) is 0 Å². The maximum absolute atomic E-state index is 12.4. The summed E-state index contributed by atoms with van der Waals surface area (Å²) in [6.45, 7) is 6.00. The van der Waals surface area contributed by atoms with E-state index in [1.54, 1.807) is 23.6 Å². The number of esters is 1. The molecule has 1 fully saturated rings. The summed E-state index contributed by atoms with van der Waals surface area (Å²) < 4.78 is 5.33. The first-order valence-corrected chi connectivity index (χ1v) is 10.7. The van der Waals surface area contributed by atoms with Gasteiger partial charge in [-0.15, -0.1) is 22.7 Å². The number of hydrogen-bond donors (Lipinski definition) is 1. The summed E-state index contributed by atoms with van der Waals surface area (Å²) in [4.78, 5) is 30.1. The fourth-order valence-electron chi connectivity index (χ4n) is 3.24. The quantitative estimate of drug-likeness (QED) is 0.768. The number of amides is 1. The third-order valence-electron chi connectivity index (χ3n) is 5.13. The van der Waals surface area contributed by atoms with Crippen molar-refractivity contribution in [1.29, 1.82) is 0 Å². The molecule has 0 aliphatic heterocycles. The fourth-order valence-corrected chi connectivity index (χ4v) is 4.84. The number of thiazole rings is 1. The van der Waals surface area contributed by atoms with Crippen LogP contribution in [0.5, 0.6) is 0 Å². The normalized spacial score (nSPS) is 24.0. The zero-order valence-corrected chi connectivity index (χ0v) is 16.9. The minimum atomic E-state index is -0.834. The highest BCUT2D eigenvalue weighted by molar-refractivity contribution is 7.20. The second-order valence-corrected chi connectivity index (χ2v) is 8.75. The molecule has 3 rings (SSSR count). The smallest absolute Gasteiger partial charge is 0.358 e. The van der Waals surface area contributed by atoms with E-state index >= 15 is 0 Å². The van der Waals surface area contributed by atoms with Gasteiger partial charge in [0.25, 0.3) is 5.91 Å². The number of nitrogens with one attached hydrogen (secondary N) is 1. The first-order chi connectivity index (χ1) is 12.5. The summed E-state index contributed by atoms with van der Waals surface area (Å²) in [5, 5.41) is 7.48. The van der Waals surface area contributed by atoms with E-state index in [0.717, 1.165) is 22.7 Å². The van der Waals surface area contributed by atoms with Crippen molar-refractivity contribution in [2.45, 2.75) is 52.2 Å². The third kappa shape index (κ3) is 4.32. The second-order valence-electron chi connectivity index (χ2n) is 6.95. The molecule has 0 unspecified atom stereocenters. The monoisotopic (exact) mass is 392 g/mol. The van der Waals surface area contributed by atoms with Gasteiger partial charge in [0.1, 0.15) is 5.01 Å². The van der Waals surface area contributed by atoms with Gasteiger partial charge in [-0.25, -0.2) is 9.78 Å². The van der Waals surface area contributed by atoms with Crippen molar-refractivity contribution in [2.75, 3.05) is 0 Å². The molecule has 5 nitrogen and oxygen atoms in total. The average molecular weight is 393 g/mol. The van der Waals surface area contributed by atoms with Crippen molar-refractivity contribution in [3.8, 4) is 9.88 Å². The number of hydrogen-bond acceptors (Lipinski definition) is 6. The van der Waals surface area contributed by atoms with Crippen molar-refractivity contribution < 1.29 is 14.3 Å². The van der Waals surface area contributed by atoms with Gasteiger partial charge in [-0.3, -0.25) is 4.79 Å². The first kappa shape index (κ1) is 19.0. The summed E-state index contributed by atoms with van der Waals surface area (Å²) in [5.74, 6) is 0.231. The van der Waals surface area contributed by atoms with Crippen molar-refractivity contribution in [3.63, 3.8) is 0 Å². The molecule has 1 saturated carbocycles. The maximum Gasteiger partial charge on any atom is 0.358 e. The van der Waals surface area contributed by atoms with Gasteiger partial charge < -0.3 is 10.1 Å². The van der Waals surface area contributed by atoms with E-state index in [1.807, 2.05) is 17.5 Å². The highest BCUT2D eigenvalue weighted by Crippen LogP contribution is 2.30. The van der Waals surface area contributed by atoms with Gasteiger partial charge in [0.15, 0.2) is 11.8 Å². The van der Waals surface area contributed by atoms with Gasteiger partial charge in [0, 0.05) is 11.4 Å². The number of nitrogens with zero attached hydrogens (tertiary/aromatic N) is 1.